The van der Waals surface area contributed by atoms with Gasteiger partial charge in [-0.2, -0.15) is 10.1 Å². The predicted molar refractivity (Wildman–Crippen MR) is 107 cm³/mol. The molecule has 136 valence electrons. The van der Waals surface area contributed by atoms with Crippen molar-refractivity contribution >= 4 is 39.1 Å². The van der Waals surface area contributed by atoms with Gasteiger partial charge in [-0.1, -0.05) is 12.5 Å². The molecule has 0 saturated heterocycles. The molecule has 0 aromatic carbocycles. The lowest BCUT2D eigenvalue weighted by atomic mass is 9.83. The van der Waals surface area contributed by atoms with E-state index >= 15 is 0 Å². The third kappa shape index (κ3) is 3.35. The Hall–Kier alpha value is -3.00. The van der Waals surface area contributed by atoms with Crippen molar-refractivity contribution in [3.63, 3.8) is 0 Å². The van der Waals surface area contributed by atoms with Crippen LogP contribution in [0.3, 0.4) is 0 Å². The summed E-state index contributed by atoms with van der Waals surface area (Å²) in [6.45, 7) is 0.622. The minimum Gasteiger partial charge on any atom is -0.350 e. The first-order valence-corrected chi connectivity index (χ1v) is 9.93. The maximum Gasteiger partial charge on any atom is 0.225 e. The van der Waals surface area contributed by atoms with Crippen LogP contribution in [0.4, 0.5) is 17.6 Å². The summed E-state index contributed by atoms with van der Waals surface area (Å²) in [4.78, 5) is 13.4. The van der Waals surface area contributed by atoms with E-state index in [9.17, 15) is 0 Å². The Morgan fingerprint density at radius 1 is 1.22 bits per heavy atom. The van der Waals surface area contributed by atoms with Crippen molar-refractivity contribution in [3.05, 3.63) is 53.3 Å². The van der Waals surface area contributed by atoms with Gasteiger partial charge >= 0.3 is 0 Å². The van der Waals surface area contributed by atoms with Crippen molar-refractivity contribution < 1.29 is 0 Å². The van der Waals surface area contributed by atoms with Crippen LogP contribution in [0.15, 0.2) is 42.0 Å². The van der Waals surface area contributed by atoms with Crippen LogP contribution in [0.1, 0.15) is 36.4 Å². The van der Waals surface area contributed by atoms with Gasteiger partial charge in [-0.05, 0) is 35.9 Å². The molecule has 1 aliphatic rings. The lowest BCUT2D eigenvalue weighted by Gasteiger charge is -2.23. The second-order valence-corrected chi connectivity index (χ2v) is 7.62. The zero-order valence-electron chi connectivity index (χ0n) is 14.6. The number of rotatable bonds is 6. The molecule has 0 unspecified atom stereocenters. The van der Waals surface area contributed by atoms with Gasteiger partial charge < -0.3 is 10.6 Å². The molecule has 0 amide bonds. The fourth-order valence-electron chi connectivity index (χ4n) is 3.16. The number of anilines is 3. The molecule has 0 bridgehead atoms. The number of aromatic nitrogens is 5. The summed E-state index contributed by atoms with van der Waals surface area (Å²) in [6.07, 6.45) is 7.39. The van der Waals surface area contributed by atoms with Crippen molar-refractivity contribution in [2.75, 3.05) is 10.6 Å². The zero-order valence-corrected chi connectivity index (χ0v) is 15.5. The number of thiophene rings is 1. The van der Waals surface area contributed by atoms with E-state index in [0.29, 0.717) is 18.4 Å². The van der Waals surface area contributed by atoms with Crippen molar-refractivity contribution in [1.82, 2.24) is 25.1 Å². The molecular formula is C19H19N7S. The molecule has 27 heavy (non-hydrogen) atoms. The highest BCUT2D eigenvalue weighted by Gasteiger charge is 2.21. The SMILES string of the molecule is c1cncc(CNc2nc(Nc3cc(C4CCC4)[nH]n3)c3sccc3n2)c1. The normalized spacial score (nSPS) is 14.2. The van der Waals surface area contributed by atoms with Crippen molar-refractivity contribution in [1.29, 1.82) is 0 Å². The van der Waals surface area contributed by atoms with Crippen LogP contribution in [0.5, 0.6) is 0 Å². The lowest BCUT2D eigenvalue weighted by molar-refractivity contribution is 0.410. The van der Waals surface area contributed by atoms with E-state index in [1.807, 2.05) is 29.8 Å². The van der Waals surface area contributed by atoms with Crippen LogP contribution >= 0.6 is 11.3 Å². The molecule has 0 radical (unpaired) electrons. The Morgan fingerprint density at radius 2 is 2.19 bits per heavy atom. The minimum absolute atomic E-state index is 0.585. The Kier molecular flexibility index (Phi) is 4.17. The van der Waals surface area contributed by atoms with Gasteiger partial charge in [-0.3, -0.25) is 10.1 Å². The van der Waals surface area contributed by atoms with Gasteiger partial charge in [0.2, 0.25) is 5.95 Å². The van der Waals surface area contributed by atoms with Crippen LogP contribution in [0.25, 0.3) is 10.2 Å². The summed E-state index contributed by atoms with van der Waals surface area (Å²) in [6, 6.07) is 8.04. The molecule has 0 spiro atoms. The molecule has 4 aromatic heterocycles. The summed E-state index contributed by atoms with van der Waals surface area (Å²) in [5, 5.41) is 16.2. The van der Waals surface area contributed by atoms with Crippen molar-refractivity contribution in [2.45, 2.75) is 31.7 Å². The molecule has 7 nitrogen and oxygen atoms in total. The van der Waals surface area contributed by atoms with Crippen molar-refractivity contribution in [2.24, 2.45) is 0 Å². The first kappa shape index (κ1) is 16.2. The van der Waals surface area contributed by atoms with Gasteiger partial charge in [-0.25, -0.2) is 4.98 Å². The number of hydrogen-bond donors (Lipinski definition) is 3. The zero-order chi connectivity index (χ0) is 18.1. The summed E-state index contributed by atoms with van der Waals surface area (Å²) < 4.78 is 1.02. The van der Waals surface area contributed by atoms with E-state index in [1.165, 1.54) is 25.0 Å². The Bertz CT molecular complexity index is 1050. The molecule has 3 N–H and O–H groups in total. The fraction of sp³-hybridized carbons (Fsp3) is 0.263. The number of H-pyrrole nitrogens is 1. The second kappa shape index (κ2) is 6.96. The molecular weight excluding hydrogens is 358 g/mol. The predicted octanol–water partition coefficient (Wildman–Crippen LogP) is 4.43. The summed E-state index contributed by atoms with van der Waals surface area (Å²) >= 11 is 1.62. The number of hydrogen-bond acceptors (Lipinski definition) is 7. The highest BCUT2D eigenvalue weighted by molar-refractivity contribution is 7.17. The molecule has 0 atom stereocenters. The fourth-order valence-corrected chi connectivity index (χ4v) is 3.94. The highest BCUT2D eigenvalue weighted by atomic mass is 32.1. The van der Waals surface area contributed by atoms with Gasteiger partial charge in [0.25, 0.3) is 0 Å². The Labute approximate surface area is 160 Å². The van der Waals surface area contributed by atoms with E-state index in [1.54, 1.807) is 17.5 Å². The van der Waals surface area contributed by atoms with Gasteiger partial charge in [0, 0.05) is 36.6 Å². The molecule has 1 fully saturated rings. The van der Waals surface area contributed by atoms with Gasteiger partial charge in [0.05, 0.1) is 10.2 Å². The quantitative estimate of drug-likeness (QED) is 0.460. The van der Waals surface area contributed by atoms with E-state index in [2.05, 4.69) is 41.8 Å². The van der Waals surface area contributed by atoms with E-state index in [-0.39, 0.29) is 0 Å². The summed E-state index contributed by atoms with van der Waals surface area (Å²) in [7, 11) is 0. The smallest absolute Gasteiger partial charge is 0.225 e. The average Bonchev–Trinajstić information content (AvgIpc) is 3.29. The summed E-state index contributed by atoms with van der Waals surface area (Å²) in [5.41, 5.74) is 3.20. The highest BCUT2D eigenvalue weighted by Crippen LogP contribution is 2.36. The third-order valence-corrected chi connectivity index (χ3v) is 5.78. The maximum absolute atomic E-state index is 4.67. The molecule has 4 heterocycles. The maximum atomic E-state index is 4.67. The largest absolute Gasteiger partial charge is 0.350 e. The lowest BCUT2D eigenvalue weighted by Crippen LogP contribution is -2.08. The number of nitrogens with one attached hydrogen (secondary N) is 3. The number of pyridine rings is 1. The second-order valence-electron chi connectivity index (χ2n) is 6.71. The molecule has 8 heteroatoms. The molecule has 1 saturated carbocycles. The molecule has 1 aliphatic carbocycles. The molecule has 0 aliphatic heterocycles. The monoisotopic (exact) mass is 377 g/mol. The van der Waals surface area contributed by atoms with Crippen LogP contribution in [-0.4, -0.2) is 25.1 Å². The van der Waals surface area contributed by atoms with E-state index in [4.69, 9.17) is 0 Å². The summed E-state index contributed by atoms with van der Waals surface area (Å²) in [5.74, 6) is 2.78. The molecule has 4 aromatic rings. The number of nitrogens with zero attached hydrogens (tertiary/aromatic N) is 4. The first-order valence-electron chi connectivity index (χ1n) is 9.05. The van der Waals surface area contributed by atoms with E-state index in [0.717, 1.165) is 27.4 Å². The van der Waals surface area contributed by atoms with Gasteiger partial charge in [-0.15, -0.1) is 11.3 Å². The Balaban J connectivity index is 1.39. The standard InChI is InChI=1S/C19H19N7S/c1-4-13(5-1)15-9-16(26-25-15)23-18-17-14(6-8-27-17)22-19(24-18)21-11-12-3-2-7-20-10-12/h2-3,6-10,13H,1,4-5,11H2,(H3,21,22,23,24,25,26). The van der Waals surface area contributed by atoms with Crippen LogP contribution in [0.2, 0.25) is 0 Å². The number of fused-ring (bicyclic) bond motifs is 1. The Morgan fingerprint density at radius 3 is 3.00 bits per heavy atom. The average molecular weight is 377 g/mol. The molecule has 5 rings (SSSR count). The minimum atomic E-state index is 0.585. The van der Waals surface area contributed by atoms with Crippen LogP contribution < -0.4 is 10.6 Å². The van der Waals surface area contributed by atoms with Crippen molar-refractivity contribution in [3.8, 4) is 0 Å². The van der Waals surface area contributed by atoms with Crippen LogP contribution in [0, 0.1) is 0 Å². The third-order valence-electron chi connectivity index (χ3n) is 4.87. The van der Waals surface area contributed by atoms with Gasteiger partial charge in [0.15, 0.2) is 11.6 Å². The van der Waals surface area contributed by atoms with E-state index < -0.39 is 0 Å². The number of aromatic amines is 1. The van der Waals surface area contributed by atoms with Gasteiger partial charge in [0.1, 0.15) is 0 Å². The topological polar surface area (TPSA) is 91.4 Å². The van der Waals surface area contributed by atoms with Crippen LogP contribution in [-0.2, 0) is 6.54 Å². The first-order chi connectivity index (χ1) is 13.3.